The smallest absolute Gasteiger partial charge is 0.189 e. The lowest BCUT2D eigenvalue weighted by Crippen LogP contribution is -2.15. The zero-order valence-electron chi connectivity index (χ0n) is 12.3. The maximum atomic E-state index is 13.2. The summed E-state index contributed by atoms with van der Waals surface area (Å²) in [7, 11) is -3.64. The van der Waals surface area contributed by atoms with Crippen LogP contribution in [0.4, 0.5) is 0 Å². The maximum absolute atomic E-state index is 13.2. The molecule has 0 fully saturated rings. The van der Waals surface area contributed by atoms with E-state index in [1.165, 1.54) is 24.3 Å². The summed E-state index contributed by atoms with van der Waals surface area (Å²) in [5.74, 6) is 0.0416. The highest BCUT2D eigenvalue weighted by atomic mass is 32.2. The molecule has 0 heterocycles. The molecule has 0 aliphatic rings. The zero-order valence-corrected chi connectivity index (χ0v) is 13.1. The van der Waals surface area contributed by atoms with Gasteiger partial charge in [0.1, 0.15) is 11.0 Å². The Morgan fingerprint density at radius 3 is 1.52 bits per heavy atom. The molecule has 0 saturated carbocycles. The second kappa shape index (κ2) is 6.26. The highest BCUT2D eigenvalue weighted by Crippen LogP contribution is 2.35. The van der Waals surface area contributed by atoms with E-state index in [1.54, 1.807) is 0 Å². The fourth-order valence-corrected chi connectivity index (χ4v) is 4.40. The Morgan fingerprint density at radius 2 is 1.09 bits per heavy atom. The van der Waals surface area contributed by atoms with E-state index in [4.69, 9.17) is 0 Å². The number of phenols is 1. The molecule has 3 aromatic carbocycles. The second-order valence-corrected chi connectivity index (χ2v) is 7.27. The van der Waals surface area contributed by atoms with Crippen LogP contribution in [0.5, 0.6) is 5.75 Å². The third kappa shape index (κ3) is 3.12. The van der Waals surface area contributed by atoms with E-state index in [-0.39, 0.29) is 10.6 Å². The average molecular weight is 324 g/mol. The van der Waals surface area contributed by atoms with Crippen molar-refractivity contribution < 1.29 is 13.5 Å². The van der Waals surface area contributed by atoms with E-state index in [2.05, 4.69) is 0 Å². The van der Waals surface area contributed by atoms with Crippen LogP contribution in [0.1, 0.15) is 16.4 Å². The summed E-state index contributed by atoms with van der Waals surface area (Å²) in [6.07, 6.45) is 0. The van der Waals surface area contributed by atoms with Crippen LogP contribution in [0.25, 0.3) is 0 Å². The number of hydrogen-bond acceptors (Lipinski definition) is 3. The maximum Gasteiger partial charge on any atom is 0.189 e. The Kier molecular flexibility index (Phi) is 4.17. The van der Waals surface area contributed by atoms with Gasteiger partial charge in [0.25, 0.3) is 0 Å². The number of aromatic hydroxyl groups is 1. The largest absolute Gasteiger partial charge is 0.508 e. The average Bonchev–Trinajstić information content (AvgIpc) is 2.57. The molecule has 0 atom stereocenters. The summed E-state index contributed by atoms with van der Waals surface area (Å²) in [6, 6.07) is 23.9. The summed E-state index contributed by atoms with van der Waals surface area (Å²) >= 11 is 0. The predicted molar refractivity (Wildman–Crippen MR) is 90.0 cm³/mol. The van der Waals surface area contributed by atoms with E-state index < -0.39 is 15.1 Å². The molecule has 1 N–H and O–H groups in total. The van der Waals surface area contributed by atoms with Crippen molar-refractivity contribution in [3.8, 4) is 5.75 Å². The predicted octanol–water partition coefficient (Wildman–Crippen LogP) is 3.96. The molecule has 0 bridgehead atoms. The Morgan fingerprint density at radius 1 is 0.652 bits per heavy atom. The zero-order chi connectivity index (χ0) is 16.3. The van der Waals surface area contributed by atoms with Crippen LogP contribution in [0.2, 0.25) is 0 Å². The number of rotatable bonds is 4. The molecule has 0 aliphatic heterocycles. The van der Waals surface area contributed by atoms with Gasteiger partial charge >= 0.3 is 0 Å². The molecule has 116 valence electrons. The van der Waals surface area contributed by atoms with Gasteiger partial charge in [-0.1, -0.05) is 60.7 Å². The van der Waals surface area contributed by atoms with E-state index in [0.717, 1.165) is 0 Å². The van der Waals surface area contributed by atoms with E-state index in [9.17, 15) is 13.5 Å². The molecule has 3 aromatic rings. The fraction of sp³-hybridized carbons (Fsp3) is 0.0526. The third-order valence-electron chi connectivity index (χ3n) is 3.68. The summed E-state index contributed by atoms with van der Waals surface area (Å²) in [4.78, 5) is 0.188. The Hall–Kier alpha value is -2.59. The standard InChI is InChI=1S/C19H16O3S/c20-17-11-13-18(14-12-17)23(21,22)19(15-7-3-1-4-8-15)16-9-5-2-6-10-16/h1-14,19-20H. The Bertz CT molecular complexity index is 831. The van der Waals surface area contributed by atoms with Gasteiger partial charge in [-0.05, 0) is 35.4 Å². The molecule has 3 rings (SSSR count). The van der Waals surface area contributed by atoms with Crippen molar-refractivity contribution in [1.82, 2.24) is 0 Å². The molecule has 3 nitrogen and oxygen atoms in total. The minimum atomic E-state index is -3.64. The normalized spacial score (nSPS) is 11.5. The van der Waals surface area contributed by atoms with Gasteiger partial charge in [0.15, 0.2) is 9.84 Å². The minimum Gasteiger partial charge on any atom is -0.508 e. The van der Waals surface area contributed by atoms with Crippen molar-refractivity contribution in [2.75, 3.05) is 0 Å². The highest BCUT2D eigenvalue weighted by Gasteiger charge is 2.30. The van der Waals surface area contributed by atoms with Crippen molar-refractivity contribution in [1.29, 1.82) is 0 Å². The van der Waals surface area contributed by atoms with Crippen LogP contribution in [0, 0.1) is 0 Å². The Labute approximate surface area is 135 Å². The lowest BCUT2D eigenvalue weighted by atomic mass is 10.0. The van der Waals surface area contributed by atoms with Crippen molar-refractivity contribution in [3.63, 3.8) is 0 Å². The van der Waals surface area contributed by atoms with Crippen LogP contribution < -0.4 is 0 Å². The van der Waals surface area contributed by atoms with Crippen molar-refractivity contribution in [2.45, 2.75) is 10.1 Å². The molecule has 23 heavy (non-hydrogen) atoms. The van der Waals surface area contributed by atoms with Gasteiger partial charge in [0, 0.05) is 0 Å². The summed E-state index contributed by atoms with van der Waals surface area (Å²) in [6.45, 7) is 0. The first-order chi connectivity index (χ1) is 11.1. The summed E-state index contributed by atoms with van der Waals surface area (Å²) in [5.41, 5.74) is 1.43. The summed E-state index contributed by atoms with van der Waals surface area (Å²) in [5, 5.41) is 8.62. The molecule has 0 aliphatic carbocycles. The van der Waals surface area contributed by atoms with Crippen molar-refractivity contribution in [3.05, 3.63) is 96.1 Å². The van der Waals surface area contributed by atoms with Gasteiger partial charge in [0.05, 0.1) is 4.90 Å². The first kappa shape index (κ1) is 15.3. The minimum absolute atomic E-state index is 0.0416. The third-order valence-corrected chi connectivity index (χ3v) is 5.77. The van der Waals surface area contributed by atoms with Gasteiger partial charge in [-0.25, -0.2) is 8.42 Å². The lowest BCUT2D eigenvalue weighted by molar-refractivity contribution is 0.474. The van der Waals surface area contributed by atoms with Crippen LogP contribution in [0.15, 0.2) is 89.8 Å². The highest BCUT2D eigenvalue weighted by molar-refractivity contribution is 7.91. The van der Waals surface area contributed by atoms with Crippen LogP contribution in [-0.2, 0) is 9.84 Å². The molecule has 4 heteroatoms. The molecule has 0 saturated heterocycles. The number of sulfone groups is 1. The van der Waals surface area contributed by atoms with E-state index in [0.29, 0.717) is 11.1 Å². The van der Waals surface area contributed by atoms with Gasteiger partial charge in [-0.15, -0.1) is 0 Å². The monoisotopic (exact) mass is 324 g/mol. The van der Waals surface area contributed by atoms with Gasteiger partial charge in [0.2, 0.25) is 0 Å². The lowest BCUT2D eigenvalue weighted by Gasteiger charge is -2.19. The Balaban J connectivity index is 2.17. The molecule has 0 radical (unpaired) electrons. The fourth-order valence-electron chi connectivity index (χ4n) is 2.58. The number of hydrogen-bond donors (Lipinski definition) is 1. The van der Waals surface area contributed by atoms with Crippen LogP contribution in [0.3, 0.4) is 0 Å². The van der Waals surface area contributed by atoms with Crippen molar-refractivity contribution >= 4 is 9.84 Å². The summed E-state index contributed by atoms with van der Waals surface area (Å²) < 4.78 is 26.3. The van der Waals surface area contributed by atoms with Gasteiger partial charge in [-0.3, -0.25) is 0 Å². The first-order valence-electron chi connectivity index (χ1n) is 7.22. The van der Waals surface area contributed by atoms with E-state index in [1.807, 2.05) is 60.7 Å². The quantitative estimate of drug-likeness (QED) is 0.790. The number of benzene rings is 3. The van der Waals surface area contributed by atoms with Gasteiger partial charge in [-0.2, -0.15) is 0 Å². The molecular weight excluding hydrogens is 308 g/mol. The molecular formula is C19H16O3S. The van der Waals surface area contributed by atoms with E-state index >= 15 is 0 Å². The SMILES string of the molecule is O=S(=O)(c1ccc(O)cc1)C(c1ccccc1)c1ccccc1. The topological polar surface area (TPSA) is 54.4 Å². The molecule has 0 amide bonds. The number of phenolic OH excluding ortho intramolecular Hbond substituents is 1. The molecule has 0 spiro atoms. The van der Waals surface area contributed by atoms with Crippen molar-refractivity contribution in [2.24, 2.45) is 0 Å². The first-order valence-corrected chi connectivity index (χ1v) is 8.76. The van der Waals surface area contributed by atoms with Gasteiger partial charge < -0.3 is 5.11 Å². The molecule has 0 unspecified atom stereocenters. The van der Waals surface area contributed by atoms with Crippen LogP contribution >= 0.6 is 0 Å². The van der Waals surface area contributed by atoms with Crippen LogP contribution in [-0.4, -0.2) is 13.5 Å². The second-order valence-electron chi connectivity index (χ2n) is 5.24. The molecule has 0 aromatic heterocycles.